The van der Waals surface area contributed by atoms with Crippen LogP contribution in [0.3, 0.4) is 0 Å². The number of aromatic nitrogens is 2. The maximum atomic E-state index is 4.41. The second-order valence-electron chi connectivity index (χ2n) is 5.89. The highest BCUT2D eigenvalue weighted by Crippen LogP contribution is 2.22. The highest BCUT2D eigenvalue weighted by Gasteiger charge is 2.15. The molecule has 0 unspecified atom stereocenters. The third-order valence-electron chi connectivity index (χ3n) is 3.65. The van der Waals surface area contributed by atoms with E-state index in [4.69, 9.17) is 0 Å². The van der Waals surface area contributed by atoms with E-state index in [1.807, 2.05) is 19.0 Å². The Balaban J connectivity index is 2.15. The summed E-state index contributed by atoms with van der Waals surface area (Å²) in [7, 11) is 8.13. The molecule has 0 amide bonds. The Morgan fingerprint density at radius 2 is 1.64 bits per heavy atom. The molecule has 0 radical (unpaired) electrons. The highest BCUT2D eigenvalue weighted by molar-refractivity contribution is 5.59. The molecule has 1 N–H and O–H groups in total. The maximum absolute atomic E-state index is 4.41. The van der Waals surface area contributed by atoms with Gasteiger partial charge in [-0.1, -0.05) is 29.8 Å². The Labute approximate surface area is 133 Å². The summed E-state index contributed by atoms with van der Waals surface area (Å²) < 4.78 is 0. The predicted molar refractivity (Wildman–Crippen MR) is 92.5 cm³/mol. The van der Waals surface area contributed by atoms with E-state index in [1.54, 1.807) is 12.4 Å². The molecule has 5 nitrogen and oxygen atoms in total. The van der Waals surface area contributed by atoms with Crippen molar-refractivity contribution in [1.29, 1.82) is 0 Å². The first-order valence-electron chi connectivity index (χ1n) is 7.44. The third-order valence-corrected chi connectivity index (χ3v) is 3.65. The van der Waals surface area contributed by atoms with Gasteiger partial charge in [0.15, 0.2) is 11.6 Å². The zero-order chi connectivity index (χ0) is 16.1. The summed E-state index contributed by atoms with van der Waals surface area (Å²) in [6, 6.07) is 8.95. The van der Waals surface area contributed by atoms with Crippen LogP contribution >= 0.6 is 0 Å². The second kappa shape index (κ2) is 7.22. The fourth-order valence-electron chi connectivity index (χ4n) is 2.36. The molecule has 5 heteroatoms. The van der Waals surface area contributed by atoms with Crippen LogP contribution in [-0.2, 0) is 0 Å². The van der Waals surface area contributed by atoms with Crippen LogP contribution < -0.4 is 10.2 Å². The van der Waals surface area contributed by atoms with Gasteiger partial charge < -0.3 is 15.1 Å². The van der Waals surface area contributed by atoms with Gasteiger partial charge in [-0.15, -0.1) is 0 Å². The fraction of sp³-hybridized carbons (Fsp3) is 0.412. The molecular weight excluding hydrogens is 274 g/mol. The number of nitrogens with one attached hydrogen (secondary N) is 1. The van der Waals surface area contributed by atoms with Crippen molar-refractivity contribution >= 4 is 11.6 Å². The Hall–Kier alpha value is -2.14. The van der Waals surface area contributed by atoms with Gasteiger partial charge in [0, 0.05) is 33.0 Å². The van der Waals surface area contributed by atoms with Gasteiger partial charge >= 0.3 is 0 Å². The van der Waals surface area contributed by atoms with Crippen LogP contribution in [0.2, 0.25) is 0 Å². The lowest BCUT2D eigenvalue weighted by molar-refractivity contribution is 0.311. The molecule has 1 aromatic heterocycles. The number of nitrogens with zero attached hydrogens (tertiary/aromatic N) is 4. The Kier molecular flexibility index (Phi) is 5.33. The maximum Gasteiger partial charge on any atom is 0.171 e. The van der Waals surface area contributed by atoms with Crippen molar-refractivity contribution in [1.82, 2.24) is 14.9 Å². The van der Waals surface area contributed by atoms with Gasteiger partial charge in [-0.2, -0.15) is 0 Å². The quantitative estimate of drug-likeness (QED) is 0.888. The van der Waals surface area contributed by atoms with Crippen molar-refractivity contribution in [2.75, 3.05) is 45.0 Å². The minimum absolute atomic E-state index is 0.276. The van der Waals surface area contributed by atoms with E-state index in [0.29, 0.717) is 0 Å². The summed E-state index contributed by atoms with van der Waals surface area (Å²) in [4.78, 5) is 13.0. The van der Waals surface area contributed by atoms with Crippen molar-refractivity contribution in [3.63, 3.8) is 0 Å². The lowest BCUT2D eigenvalue weighted by Gasteiger charge is -2.26. The molecule has 0 aliphatic heterocycles. The number of likely N-dealkylation sites (N-methyl/N-ethyl adjacent to an activating group) is 1. The van der Waals surface area contributed by atoms with Crippen LogP contribution in [0.25, 0.3) is 0 Å². The number of aryl methyl sites for hydroxylation is 1. The number of hydrogen-bond donors (Lipinski definition) is 1. The van der Waals surface area contributed by atoms with Crippen LogP contribution in [0.4, 0.5) is 11.6 Å². The number of benzene rings is 1. The average Bonchev–Trinajstić information content (AvgIpc) is 2.49. The van der Waals surface area contributed by atoms with Gasteiger partial charge in [0.2, 0.25) is 0 Å². The average molecular weight is 299 g/mol. The first-order valence-corrected chi connectivity index (χ1v) is 7.44. The predicted octanol–water partition coefficient (Wildman–Crippen LogP) is 2.57. The molecule has 0 saturated carbocycles. The normalized spacial score (nSPS) is 12.3. The van der Waals surface area contributed by atoms with Gasteiger partial charge in [-0.25, -0.2) is 9.97 Å². The Morgan fingerprint density at radius 1 is 1.00 bits per heavy atom. The molecule has 1 aromatic carbocycles. The number of anilines is 2. The minimum Gasteiger partial charge on any atom is -0.365 e. The molecule has 2 rings (SSSR count). The smallest absolute Gasteiger partial charge is 0.171 e. The molecule has 1 heterocycles. The summed E-state index contributed by atoms with van der Waals surface area (Å²) >= 11 is 0. The third kappa shape index (κ3) is 3.95. The topological polar surface area (TPSA) is 44.3 Å². The van der Waals surface area contributed by atoms with Crippen LogP contribution in [0.1, 0.15) is 17.2 Å². The molecule has 1 atom stereocenters. The summed E-state index contributed by atoms with van der Waals surface area (Å²) in [5, 5.41) is 3.43. The van der Waals surface area contributed by atoms with Crippen molar-refractivity contribution in [2.24, 2.45) is 0 Å². The van der Waals surface area contributed by atoms with E-state index in [-0.39, 0.29) is 6.04 Å². The number of rotatable bonds is 6. The SMILES string of the molecule is Cc1ccc([C@H](CNc2nccnc2N(C)C)N(C)C)cc1. The van der Waals surface area contributed by atoms with Gasteiger partial charge in [-0.3, -0.25) is 0 Å². The zero-order valence-electron chi connectivity index (χ0n) is 14.0. The van der Waals surface area contributed by atoms with Crippen LogP contribution in [0.15, 0.2) is 36.7 Å². The van der Waals surface area contributed by atoms with E-state index < -0.39 is 0 Å². The van der Waals surface area contributed by atoms with Crippen molar-refractivity contribution in [2.45, 2.75) is 13.0 Å². The molecular formula is C17H25N5. The molecule has 0 aliphatic rings. The number of hydrogen-bond acceptors (Lipinski definition) is 5. The van der Waals surface area contributed by atoms with Gasteiger partial charge in [0.1, 0.15) is 0 Å². The molecule has 0 bridgehead atoms. The van der Waals surface area contributed by atoms with Gasteiger partial charge in [0.05, 0.1) is 6.04 Å². The van der Waals surface area contributed by atoms with Crippen LogP contribution in [-0.4, -0.2) is 49.6 Å². The first kappa shape index (κ1) is 16.2. The van der Waals surface area contributed by atoms with E-state index in [1.165, 1.54) is 11.1 Å². The van der Waals surface area contributed by atoms with E-state index >= 15 is 0 Å². The first-order chi connectivity index (χ1) is 10.5. The molecule has 118 valence electrons. The monoisotopic (exact) mass is 299 g/mol. The second-order valence-corrected chi connectivity index (χ2v) is 5.89. The molecule has 0 saturated heterocycles. The van der Waals surface area contributed by atoms with Crippen LogP contribution in [0.5, 0.6) is 0 Å². The van der Waals surface area contributed by atoms with E-state index in [9.17, 15) is 0 Å². The lowest BCUT2D eigenvalue weighted by atomic mass is 10.0. The summed E-state index contributed by atoms with van der Waals surface area (Å²) in [6.07, 6.45) is 3.43. The van der Waals surface area contributed by atoms with E-state index in [2.05, 4.69) is 65.5 Å². The van der Waals surface area contributed by atoms with Gasteiger partial charge in [0.25, 0.3) is 0 Å². The molecule has 2 aromatic rings. The van der Waals surface area contributed by atoms with E-state index in [0.717, 1.165) is 18.2 Å². The Bertz CT molecular complexity index is 592. The molecule has 0 spiro atoms. The van der Waals surface area contributed by atoms with Crippen molar-refractivity contribution < 1.29 is 0 Å². The van der Waals surface area contributed by atoms with Crippen molar-refractivity contribution in [3.8, 4) is 0 Å². The molecule has 0 aliphatic carbocycles. The lowest BCUT2D eigenvalue weighted by Crippen LogP contribution is -2.27. The standard InChI is InChI=1S/C17H25N5/c1-13-6-8-14(9-7-13)15(21(2)3)12-20-16-17(22(4)5)19-11-10-18-16/h6-11,15H,12H2,1-5H3,(H,18,20)/t15-/m0/s1. The summed E-state index contributed by atoms with van der Waals surface area (Å²) in [6.45, 7) is 2.88. The fourth-order valence-corrected chi connectivity index (χ4v) is 2.36. The van der Waals surface area contributed by atoms with Crippen LogP contribution in [0, 0.1) is 6.92 Å². The molecule has 0 fully saturated rings. The Morgan fingerprint density at radius 3 is 2.23 bits per heavy atom. The zero-order valence-corrected chi connectivity index (χ0v) is 14.0. The summed E-state index contributed by atoms with van der Waals surface area (Å²) in [5.41, 5.74) is 2.57. The summed E-state index contributed by atoms with van der Waals surface area (Å²) in [5.74, 6) is 1.66. The van der Waals surface area contributed by atoms with Crippen molar-refractivity contribution in [3.05, 3.63) is 47.8 Å². The molecule has 22 heavy (non-hydrogen) atoms. The highest BCUT2D eigenvalue weighted by atomic mass is 15.2. The minimum atomic E-state index is 0.276. The van der Waals surface area contributed by atoms with Gasteiger partial charge in [-0.05, 0) is 26.6 Å². The largest absolute Gasteiger partial charge is 0.365 e.